The minimum atomic E-state index is -0.855. The lowest BCUT2D eigenvalue weighted by atomic mass is 9.89. The Morgan fingerprint density at radius 3 is 2.21 bits per heavy atom. The van der Waals surface area contributed by atoms with Crippen LogP contribution < -0.4 is 16.0 Å². The van der Waals surface area contributed by atoms with Crippen LogP contribution in [0, 0.1) is 5.92 Å². The molecule has 0 heterocycles. The predicted octanol–water partition coefficient (Wildman–Crippen LogP) is 7.21. The molecule has 3 N–H and O–H groups in total. The lowest BCUT2D eigenvalue weighted by Crippen LogP contribution is -2.45. The molecule has 10 heteroatoms. The van der Waals surface area contributed by atoms with Gasteiger partial charge in [0.1, 0.15) is 12.2 Å². The normalized spacial score (nSPS) is 13.0. The van der Waals surface area contributed by atoms with Gasteiger partial charge < -0.3 is 25.4 Å². The number of alkyl carbamates (subject to hydrolysis) is 1. The maximum absolute atomic E-state index is 13.9. The molecule has 280 valence electrons. The van der Waals surface area contributed by atoms with Gasteiger partial charge in [0, 0.05) is 25.8 Å². The Hall–Kier alpha value is -5.51. The summed E-state index contributed by atoms with van der Waals surface area (Å²) in [6.07, 6.45) is 3.01. The van der Waals surface area contributed by atoms with Gasteiger partial charge in [0.25, 0.3) is 6.47 Å². The van der Waals surface area contributed by atoms with Crippen LogP contribution in [-0.2, 0) is 35.1 Å². The Morgan fingerprint density at radius 2 is 1.55 bits per heavy atom. The van der Waals surface area contributed by atoms with Gasteiger partial charge in [0.2, 0.25) is 11.8 Å². The highest BCUT2D eigenvalue weighted by molar-refractivity contribution is 6.13. The molecule has 0 radical (unpaired) electrons. The zero-order valence-electron chi connectivity index (χ0n) is 31.1. The van der Waals surface area contributed by atoms with Gasteiger partial charge in [-0.3, -0.25) is 19.2 Å². The molecule has 3 atom stereocenters. The van der Waals surface area contributed by atoms with E-state index in [0.29, 0.717) is 38.7 Å². The molecule has 0 aliphatic rings. The van der Waals surface area contributed by atoms with Crippen molar-refractivity contribution in [3.05, 3.63) is 97.1 Å². The van der Waals surface area contributed by atoms with Gasteiger partial charge in [-0.25, -0.2) is 4.79 Å². The lowest BCUT2D eigenvalue weighted by Gasteiger charge is -2.24. The number of carbonyl (C=O) groups excluding carboxylic acids is 5. The zero-order valence-corrected chi connectivity index (χ0v) is 31.1. The number of benzene rings is 4. The summed E-state index contributed by atoms with van der Waals surface area (Å²) >= 11 is 0. The Morgan fingerprint density at radius 1 is 0.868 bits per heavy atom. The molecule has 0 bridgehead atoms. The summed E-state index contributed by atoms with van der Waals surface area (Å²) in [5.41, 5.74) is 2.37. The summed E-state index contributed by atoms with van der Waals surface area (Å²) in [7, 11) is 0. The maximum Gasteiger partial charge on any atom is 0.407 e. The molecule has 0 aliphatic heterocycles. The van der Waals surface area contributed by atoms with Gasteiger partial charge in [0.15, 0.2) is 5.78 Å². The molecule has 0 spiro atoms. The molecule has 10 nitrogen and oxygen atoms in total. The number of Topliss-reactive ketones (excluding diaryl/α,β-unsaturated/α-hetero) is 1. The minimum Gasteiger partial charge on any atom is -0.466 e. The van der Waals surface area contributed by atoms with E-state index in [0.717, 1.165) is 27.5 Å². The van der Waals surface area contributed by atoms with Crippen LogP contribution in [0.4, 0.5) is 4.79 Å². The largest absolute Gasteiger partial charge is 0.466 e. The first-order chi connectivity index (χ1) is 25.4. The van der Waals surface area contributed by atoms with E-state index in [-0.39, 0.29) is 37.0 Å². The van der Waals surface area contributed by atoms with Crippen LogP contribution in [0.15, 0.2) is 91.5 Å². The number of amides is 3. The highest BCUT2D eigenvalue weighted by Gasteiger charge is 2.28. The van der Waals surface area contributed by atoms with Crippen molar-refractivity contribution >= 4 is 51.7 Å². The molecular formula is C43H51N3O7. The number of nitrogens with one attached hydrogen (secondary N) is 3. The number of hydrogen-bond acceptors (Lipinski definition) is 7. The van der Waals surface area contributed by atoms with Crippen LogP contribution in [0.5, 0.6) is 0 Å². The van der Waals surface area contributed by atoms with Crippen molar-refractivity contribution in [2.45, 2.75) is 83.9 Å². The highest BCUT2D eigenvalue weighted by atomic mass is 16.6. The third-order valence-electron chi connectivity index (χ3n) is 8.87. The molecule has 4 aromatic rings. The van der Waals surface area contributed by atoms with Gasteiger partial charge in [-0.15, -0.1) is 6.58 Å². The van der Waals surface area contributed by atoms with Gasteiger partial charge >= 0.3 is 6.09 Å². The Balaban J connectivity index is 1.49. The summed E-state index contributed by atoms with van der Waals surface area (Å²) in [5.74, 6) is -1.73. The summed E-state index contributed by atoms with van der Waals surface area (Å²) < 4.78 is 10.2. The van der Waals surface area contributed by atoms with Gasteiger partial charge in [-0.05, 0) is 90.8 Å². The summed E-state index contributed by atoms with van der Waals surface area (Å²) in [4.78, 5) is 62.7. The van der Waals surface area contributed by atoms with E-state index in [4.69, 9.17) is 9.47 Å². The molecule has 0 aliphatic carbocycles. The number of ketones is 1. The number of unbranched alkanes of at least 4 members (excludes halogenated alkanes) is 1. The van der Waals surface area contributed by atoms with E-state index >= 15 is 0 Å². The van der Waals surface area contributed by atoms with Gasteiger partial charge in [0.05, 0.1) is 12.1 Å². The Labute approximate surface area is 311 Å². The Bertz CT molecular complexity index is 1900. The Kier molecular flexibility index (Phi) is 14.7. The topological polar surface area (TPSA) is 140 Å². The quantitative estimate of drug-likeness (QED) is 0.0402. The van der Waals surface area contributed by atoms with Crippen LogP contribution >= 0.6 is 0 Å². The summed E-state index contributed by atoms with van der Waals surface area (Å²) in [5, 5.41) is 13.1. The van der Waals surface area contributed by atoms with Crippen molar-refractivity contribution in [2.75, 3.05) is 13.2 Å². The third-order valence-corrected chi connectivity index (χ3v) is 8.87. The van der Waals surface area contributed by atoms with Crippen molar-refractivity contribution in [2.24, 2.45) is 5.92 Å². The average molecular weight is 722 g/mol. The first kappa shape index (κ1) is 40.3. The van der Waals surface area contributed by atoms with E-state index in [1.165, 1.54) is 17.7 Å². The van der Waals surface area contributed by atoms with E-state index in [9.17, 15) is 24.0 Å². The SMILES string of the molecule is C=CC[C@@H](COC=O)NC(=O)[C@H](CCCCNC(=O)OC(C)(C)C)CC(=O)[C@H](Cc1ccc(-c2cc3ccccc3c3ccccc23)cc1)NC(C)=O. The maximum atomic E-state index is 13.9. The number of fused-ring (bicyclic) bond motifs is 3. The third kappa shape index (κ3) is 12.3. The second-order valence-corrected chi connectivity index (χ2v) is 14.3. The lowest BCUT2D eigenvalue weighted by molar-refractivity contribution is -0.134. The smallest absolute Gasteiger partial charge is 0.407 e. The fraction of sp³-hybridized carbons (Fsp3) is 0.372. The van der Waals surface area contributed by atoms with Crippen molar-refractivity contribution in [3.8, 4) is 11.1 Å². The van der Waals surface area contributed by atoms with E-state index in [1.54, 1.807) is 26.8 Å². The monoisotopic (exact) mass is 721 g/mol. The van der Waals surface area contributed by atoms with E-state index in [2.05, 4.69) is 52.9 Å². The molecule has 3 amide bonds. The van der Waals surface area contributed by atoms with Crippen LogP contribution in [0.2, 0.25) is 0 Å². The molecule has 0 fully saturated rings. The molecule has 0 unspecified atom stereocenters. The van der Waals surface area contributed by atoms with Crippen molar-refractivity contribution in [3.63, 3.8) is 0 Å². The van der Waals surface area contributed by atoms with Gasteiger partial charge in [-0.2, -0.15) is 0 Å². The fourth-order valence-corrected chi connectivity index (χ4v) is 6.42. The van der Waals surface area contributed by atoms with E-state index in [1.807, 2.05) is 48.5 Å². The van der Waals surface area contributed by atoms with Crippen LogP contribution in [0.25, 0.3) is 32.7 Å². The minimum absolute atomic E-state index is 0.0404. The van der Waals surface area contributed by atoms with Crippen molar-refractivity contribution in [1.82, 2.24) is 16.0 Å². The zero-order chi connectivity index (χ0) is 38.4. The standard InChI is InChI=1S/C43H51N3O7/c1-6-13-34(27-52-28-47)46-41(50)33(15-11-12-23-44-42(51)53-43(3,4)5)26-40(49)39(45-29(2)48)24-30-19-21-31(22-20-30)38-25-32-14-7-8-16-35(32)36-17-9-10-18-37(36)38/h6-10,14,16-22,25,28,33-34,39H,1,11-13,15,23-24,26-27H2,2-5H3,(H,44,51)(H,45,48)(H,46,50)/t33-,34+,39+/m1/s1. The molecule has 0 saturated carbocycles. The van der Waals surface area contributed by atoms with E-state index < -0.39 is 29.7 Å². The second-order valence-electron chi connectivity index (χ2n) is 14.3. The van der Waals surface area contributed by atoms with Crippen molar-refractivity contribution < 1.29 is 33.4 Å². The first-order valence-corrected chi connectivity index (χ1v) is 18.1. The summed E-state index contributed by atoms with van der Waals surface area (Å²) in [6, 6.07) is 25.5. The van der Waals surface area contributed by atoms with Crippen LogP contribution in [0.1, 0.15) is 65.4 Å². The number of ether oxygens (including phenoxy) is 2. The highest BCUT2D eigenvalue weighted by Crippen LogP contribution is 2.35. The molecule has 0 saturated heterocycles. The second kappa shape index (κ2) is 19.4. The molecular weight excluding hydrogens is 670 g/mol. The summed E-state index contributed by atoms with van der Waals surface area (Å²) in [6.45, 7) is 11.0. The van der Waals surface area contributed by atoms with Crippen molar-refractivity contribution in [1.29, 1.82) is 0 Å². The number of rotatable bonds is 19. The van der Waals surface area contributed by atoms with Crippen LogP contribution in [-0.4, -0.2) is 61.0 Å². The van der Waals surface area contributed by atoms with Gasteiger partial charge in [-0.1, -0.05) is 85.3 Å². The molecule has 53 heavy (non-hydrogen) atoms. The molecule has 0 aromatic heterocycles. The first-order valence-electron chi connectivity index (χ1n) is 18.1. The molecule has 4 aromatic carbocycles. The fourth-order valence-electron chi connectivity index (χ4n) is 6.42. The van der Waals surface area contributed by atoms with Crippen LogP contribution in [0.3, 0.4) is 0 Å². The number of carbonyl (C=O) groups is 5. The number of hydrogen-bond donors (Lipinski definition) is 3. The molecule has 4 rings (SSSR count). The average Bonchev–Trinajstić information content (AvgIpc) is 3.12. The predicted molar refractivity (Wildman–Crippen MR) is 208 cm³/mol.